The molecule has 3 aromatic rings. The maximum Gasteiger partial charge on any atom is 0.227 e. The third-order valence-electron chi connectivity index (χ3n) is 4.73. The van der Waals surface area contributed by atoms with Crippen LogP contribution in [0.15, 0.2) is 55.1 Å². The van der Waals surface area contributed by atoms with Crippen molar-refractivity contribution >= 4 is 5.91 Å². The molecular formula is C21H17N5O. The van der Waals surface area contributed by atoms with E-state index < -0.39 is 0 Å². The SMILES string of the molecule is N#Cc1ccc(CC(=O)N2CCc3ncnc(-c4cccnc4)c3C2)cc1. The van der Waals surface area contributed by atoms with Gasteiger partial charge in [-0.1, -0.05) is 12.1 Å². The zero-order chi connectivity index (χ0) is 18.6. The van der Waals surface area contributed by atoms with Gasteiger partial charge in [-0.25, -0.2) is 9.97 Å². The number of fused-ring (bicyclic) bond motifs is 1. The Kier molecular flexibility index (Phi) is 4.58. The van der Waals surface area contributed by atoms with Crippen LogP contribution in [0, 0.1) is 11.3 Å². The fourth-order valence-electron chi connectivity index (χ4n) is 3.29. The Labute approximate surface area is 157 Å². The van der Waals surface area contributed by atoms with Gasteiger partial charge >= 0.3 is 0 Å². The second-order valence-electron chi connectivity index (χ2n) is 6.44. The van der Waals surface area contributed by atoms with Crippen molar-refractivity contribution in [1.29, 1.82) is 5.26 Å². The van der Waals surface area contributed by atoms with E-state index >= 15 is 0 Å². The van der Waals surface area contributed by atoms with Crippen LogP contribution in [0.3, 0.4) is 0 Å². The van der Waals surface area contributed by atoms with Crippen LogP contribution in [-0.4, -0.2) is 32.3 Å². The maximum atomic E-state index is 12.8. The van der Waals surface area contributed by atoms with Crippen molar-refractivity contribution < 1.29 is 4.79 Å². The molecular weight excluding hydrogens is 338 g/mol. The zero-order valence-electron chi connectivity index (χ0n) is 14.7. The van der Waals surface area contributed by atoms with Gasteiger partial charge < -0.3 is 4.90 Å². The molecule has 132 valence electrons. The van der Waals surface area contributed by atoms with Gasteiger partial charge in [0, 0.05) is 43.0 Å². The molecule has 4 rings (SSSR count). The fraction of sp³-hybridized carbons (Fsp3) is 0.190. The number of hydrogen-bond acceptors (Lipinski definition) is 5. The minimum absolute atomic E-state index is 0.0614. The van der Waals surface area contributed by atoms with Gasteiger partial charge in [-0.05, 0) is 29.8 Å². The third kappa shape index (κ3) is 3.53. The molecule has 0 aliphatic carbocycles. The van der Waals surface area contributed by atoms with E-state index in [1.54, 1.807) is 30.9 Å². The van der Waals surface area contributed by atoms with Crippen molar-refractivity contribution in [3.05, 3.63) is 77.5 Å². The molecule has 2 aromatic heterocycles. The Bertz CT molecular complexity index is 1010. The summed E-state index contributed by atoms with van der Waals surface area (Å²) in [4.78, 5) is 27.7. The molecule has 0 N–H and O–H groups in total. The quantitative estimate of drug-likeness (QED) is 0.721. The number of amides is 1. The van der Waals surface area contributed by atoms with Gasteiger partial charge in [0.15, 0.2) is 0 Å². The number of carbonyl (C=O) groups excluding carboxylic acids is 1. The van der Waals surface area contributed by atoms with Crippen molar-refractivity contribution in [2.75, 3.05) is 6.54 Å². The molecule has 0 bridgehead atoms. The standard InChI is InChI=1S/C21H17N5O/c22-11-16-5-3-15(4-6-16)10-20(27)26-9-7-19-18(13-26)21(25-14-24-19)17-2-1-8-23-12-17/h1-6,8,12,14H,7,9-10,13H2. The molecule has 6 nitrogen and oxygen atoms in total. The number of benzene rings is 1. The van der Waals surface area contributed by atoms with E-state index in [4.69, 9.17) is 5.26 Å². The lowest BCUT2D eigenvalue weighted by molar-refractivity contribution is -0.131. The van der Waals surface area contributed by atoms with Gasteiger partial charge in [0.25, 0.3) is 0 Å². The normalized spacial score (nSPS) is 12.9. The molecule has 1 aliphatic rings. The Morgan fingerprint density at radius 2 is 2.04 bits per heavy atom. The molecule has 0 saturated heterocycles. The predicted molar refractivity (Wildman–Crippen MR) is 99.2 cm³/mol. The van der Waals surface area contributed by atoms with Crippen LogP contribution < -0.4 is 0 Å². The first-order valence-corrected chi connectivity index (χ1v) is 8.74. The zero-order valence-corrected chi connectivity index (χ0v) is 14.7. The lowest BCUT2D eigenvalue weighted by atomic mass is 9.99. The number of hydrogen-bond donors (Lipinski definition) is 0. The van der Waals surface area contributed by atoms with E-state index in [0.717, 1.165) is 28.1 Å². The summed E-state index contributed by atoms with van der Waals surface area (Å²) >= 11 is 0. The van der Waals surface area contributed by atoms with Crippen molar-refractivity contribution in [3.63, 3.8) is 0 Å². The minimum Gasteiger partial charge on any atom is -0.338 e. The van der Waals surface area contributed by atoms with E-state index in [9.17, 15) is 4.79 Å². The van der Waals surface area contributed by atoms with Gasteiger partial charge in [-0.15, -0.1) is 0 Å². The molecule has 0 radical (unpaired) electrons. The molecule has 1 aliphatic heterocycles. The molecule has 0 atom stereocenters. The van der Waals surface area contributed by atoms with Crippen molar-refractivity contribution in [3.8, 4) is 17.3 Å². The smallest absolute Gasteiger partial charge is 0.227 e. The van der Waals surface area contributed by atoms with Crippen LogP contribution in [0.4, 0.5) is 0 Å². The molecule has 0 unspecified atom stereocenters. The molecule has 27 heavy (non-hydrogen) atoms. The summed E-state index contributed by atoms with van der Waals surface area (Å²) in [5.74, 6) is 0.0614. The lowest BCUT2D eigenvalue weighted by Crippen LogP contribution is -2.37. The highest BCUT2D eigenvalue weighted by Crippen LogP contribution is 2.27. The predicted octanol–water partition coefficient (Wildman–Crippen LogP) is 2.54. The first kappa shape index (κ1) is 16.9. The van der Waals surface area contributed by atoms with E-state index in [2.05, 4.69) is 21.0 Å². The van der Waals surface area contributed by atoms with E-state index in [1.807, 2.05) is 29.2 Å². The largest absolute Gasteiger partial charge is 0.338 e. The molecule has 0 saturated carbocycles. The summed E-state index contributed by atoms with van der Waals surface area (Å²) in [5.41, 5.74) is 5.25. The van der Waals surface area contributed by atoms with Gasteiger partial charge in [-0.2, -0.15) is 5.26 Å². The highest BCUT2D eigenvalue weighted by Gasteiger charge is 2.24. The lowest BCUT2D eigenvalue weighted by Gasteiger charge is -2.29. The van der Waals surface area contributed by atoms with E-state index in [-0.39, 0.29) is 5.91 Å². The highest BCUT2D eigenvalue weighted by molar-refractivity contribution is 5.79. The maximum absolute atomic E-state index is 12.8. The highest BCUT2D eigenvalue weighted by atomic mass is 16.2. The van der Waals surface area contributed by atoms with Gasteiger partial charge in [0.1, 0.15) is 6.33 Å². The number of rotatable bonds is 3. The average Bonchev–Trinajstić information content (AvgIpc) is 2.74. The van der Waals surface area contributed by atoms with Gasteiger partial charge in [0.05, 0.1) is 29.4 Å². The first-order valence-electron chi connectivity index (χ1n) is 8.74. The second kappa shape index (κ2) is 7.34. The van der Waals surface area contributed by atoms with Crippen LogP contribution in [0.5, 0.6) is 0 Å². The Morgan fingerprint density at radius 3 is 2.78 bits per heavy atom. The van der Waals surface area contributed by atoms with Crippen LogP contribution in [0.2, 0.25) is 0 Å². The minimum atomic E-state index is 0.0614. The molecule has 6 heteroatoms. The van der Waals surface area contributed by atoms with Crippen LogP contribution in [-0.2, 0) is 24.2 Å². The van der Waals surface area contributed by atoms with Gasteiger partial charge in [0.2, 0.25) is 5.91 Å². The summed E-state index contributed by atoms with van der Waals surface area (Å²) in [6, 6.07) is 13.1. The monoisotopic (exact) mass is 355 g/mol. The molecule has 0 fully saturated rings. The number of carbonyl (C=O) groups is 1. The topological polar surface area (TPSA) is 82.8 Å². The Morgan fingerprint density at radius 1 is 1.19 bits per heavy atom. The number of pyridine rings is 1. The molecule has 3 heterocycles. The van der Waals surface area contributed by atoms with Crippen molar-refractivity contribution in [1.82, 2.24) is 19.9 Å². The Balaban J connectivity index is 1.55. The summed E-state index contributed by atoms with van der Waals surface area (Å²) in [6.07, 6.45) is 6.11. The average molecular weight is 355 g/mol. The number of aromatic nitrogens is 3. The Hall–Kier alpha value is -3.59. The molecule has 1 amide bonds. The molecule has 0 spiro atoms. The summed E-state index contributed by atoms with van der Waals surface area (Å²) in [5, 5.41) is 8.89. The second-order valence-corrected chi connectivity index (χ2v) is 6.44. The van der Waals surface area contributed by atoms with Crippen LogP contribution >= 0.6 is 0 Å². The summed E-state index contributed by atoms with van der Waals surface area (Å²) in [7, 11) is 0. The molecule has 1 aromatic carbocycles. The van der Waals surface area contributed by atoms with Crippen molar-refractivity contribution in [2.24, 2.45) is 0 Å². The van der Waals surface area contributed by atoms with Crippen LogP contribution in [0.1, 0.15) is 22.4 Å². The fourth-order valence-corrected chi connectivity index (χ4v) is 3.29. The summed E-state index contributed by atoms with van der Waals surface area (Å²) in [6.45, 7) is 1.14. The van der Waals surface area contributed by atoms with Crippen molar-refractivity contribution in [2.45, 2.75) is 19.4 Å². The third-order valence-corrected chi connectivity index (χ3v) is 4.73. The summed E-state index contributed by atoms with van der Waals surface area (Å²) < 4.78 is 0. The number of nitriles is 1. The van der Waals surface area contributed by atoms with E-state index in [0.29, 0.717) is 31.5 Å². The van der Waals surface area contributed by atoms with Crippen LogP contribution in [0.25, 0.3) is 11.3 Å². The number of nitrogens with zero attached hydrogens (tertiary/aromatic N) is 5. The van der Waals surface area contributed by atoms with Gasteiger partial charge in [-0.3, -0.25) is 9.78 Å². The first-order chi connectivity index (χ1) is 13.2. The van der Waals surface area contributed by atoms with E-state index in [1.165, 1.54) is 0 Å².